The maximum absolute atomic E-state index is 13.1. The van der Waals surface area contributed by atoms with Gasteiger partial charge in [0.1, 0.15) is 34.5 Å². The monoisotopic (exact) mass is 1550 g/mol. The van der Waals surface area contributed by atoms with E-state index in [9.17, 15) is 9.59 Å². The lowest BCUT2D eigenvalue weighted by Crippen LogP contribution is -2.36. The molecule has 7 aromatic carbocycles. The quantitative estimate of drug-likeness (QED) is 0.0478. The smallest absolute Gasteiger partial charge is 0.261 e. The number of hydrogen-bond acceptors (Lipinski definition) is 22. The van der Waals surface area contributed by atoms with Gasteiger partial charge in [-0.1, -0.05) is 19.6 Å². The molecule has 2 saturated carbocycles. The number of rotatable bonds is 26. The molecule has 26 heteroatoms. The lowest BCUT2D eigenvalue weighted by atomic mass is 9.95. The number of anilines is 6. The molecule has 6 aromatic heterocycles. The summed E-state index contributed by atoms with van der Waals surface area (Å²) in [5, 5.41) is 20.4. The standard InChI is InChI=1S/C30H26N6O4.C30H36N6O2.C28H32N6O2.CH4/c1-34-18-19(16-32-34)28-17-31-26-9-8-20(14-27(26)33-28)35(21-12-22(39-2)15-23(13-21)40-3)10-11-36-29(37)24-6-4-5-7-25(24)30(36)38;1-37-26-13-25(14-27(16-26)38-2)36(19-22-3-4-22)24-5-6-28-29(15-24)34-30(18-32-28)23-17-33-35(20-23)12-9-21-7-10-31-11-8-21;1-35-24-11-23(12-25(14-24)36-2)33(17-19-3-4-19)22-5-6-26-27(13-22)32-28(16-30-26)20-15-31-34(18-20)21-7-9-29-10-8-21;/h4-9,12-18H,10-11H2,1-3H3;5-6,13-18,20-22,31H,3-4,7-12,19H2,1-2H3;5-6,11-16,18-19,21,29H,3-4,7-10,17H2,1-2H3;1H4. The fraction of sp³-hybridized carbons (Fsp3) is 0.337. The Kier molecular flexibility index (Phi) is 23.8. The van der Waals surface area contributed by atoms with Crippen molar-refractivity contribution in [1.82, 2.24) is 74.8 Å². The van der Waals surface area contributed by atoms with Crippen LogP contribution in [0.25, 0.3) is 66.9 Å². The number of aryl methyl sites for hydroxylation is 2. The van der Waals surface area contributed by atoms with Gasteiger partial charge in [-0.2, -0.15) is 15.3 Å². The van der Waals surface area contributed by atoms with Crippen LogP contribution >= 0.6 is 0 Å². The van der Waals surface area contributed by atoms with Crippen LogP contribution in [-0.4, -0.2) is 171 Å². The second kappa shape index (κ2) is 35.2. The van der Waals surface area contributed by atoms with Crippen LogP contribution < -0.4 is 53.8 Å². The van der Waals surface area contributed by atoms with Gasteiger partial charge in [0.15, 0.2) is 0 Å². The molecule has 2 amide bonds. The largest absolute Gasteiger partial charge is 0.497 e. The number of carbonyl (C=O) groups excluding carboxylic acids is 2. The van der Waals surface area contributed by atoms with Gasteiger partial charge in [0.05, 0.1) is 147 Å². The second-order valence-corrected chi connectivity index (χ2v) is 29.6. The van der Waals surface area contributed by atoms with Crippen LogP contribution in [0, 0.1) is 17.8 Å². The molecule has 5 aliphatic rings. The summed E-state index contributed by atoms with van der Waals surface area (Å²) in [7, 11) is 11.8. The van der Waals surface area contributed by atoms with E-state index < -0.39 is 0 Å². The van der Waals surface area contributed by atoms with E-state index in [2.05, 4.69) is 118 Å². The van der Waals surface area contributed by atoms with E-state index >= 15 is 0 Å². The lowest BCUT2D eigenvalue weighted by molar-refractivity contribution is 0.0658. The van der Waals surface area contributed by atoms with Crippen LogP contribution in [0.2, 0.25) is 0 Å². The van der Waals surface area contributed by atoms with Crippen molar-refractivity contribution in [2.75, 3.05) is 110 Å². The number of piperidine rings is 2. The summed E-state index contributed by atoms with van der Waals surface area (Å²) in [6, 6.07) is 43.4. The van der Waals surface area contributed by atoms with Crippen molar-refractivity contribution in [3.63, 3.8) is 0 Å². The Labute approximate surface area is 669 Å². The molecule has 26 nitrogen and oxygen atoms in total. The minimum absolute atomic E-state index is 0. The molecular formula is C89H98N18O8. The van der Waals surface area contributed by atoms with E-state index in [1.807, 2.05) is 90.1 Å². The van der Waals surface area contributed by atoms with Gasteiger partial charge in [-0.15, -0.1) is 0 Å². The average Bonchev–Trinajstić information content (AvgIpc) is 1.62. The van der Waals surface area contributed by atoms with E-state index in [1.54, 1.807) is 90.1 Å². The summed E-state index contributed by atoms with van der Waals surface area (Å²) < 4.78 is 39.1. The van der Waals surface area contributed by atoms with Crippen molar-refractivity contribution in [2.24, 2.45) is 24.8 Å². The average molecular weight is 1550 g/mol. The van der Waals surface area contributed by atoms with Crippen molar-refractivity contribution in [3.8, 4) is 68.3 Å². The number of aromatic nitrogens is 12. The molecule has 2 aliphatic carbocycles. The Morgan fingerprint density at radius 3 is 1.23 bits per heavy atom. The SMILES string of the molecule is C.COc1cc(OC)cc(N(CC2CC2)c2ccc3ncc(-c4cnn(C5CCNCC5)c4)nc3c2)c1.COc1cc(OC)cc(N(CC2CC2)c2ccc3ncc(-c4cnn(CCC5CCNCC5)c4)nc3c2)c1.COc1cc(OC)cc(N(CCN2C(=O)c3ccccc3C2=O)c2ccc3ncc(-c4cnn(C)c4)nc3c2)c1. The molecule has 13 aromatic rings. The first-order valence-corrected chi connectivity index (χ1v) is 39.1. The zero-order valence-corrected chi connectivity index (χ0v) is 65.4. The van der Waals surface area contributed by atoms with Gasteiger partial charge in [0, 0.05) is 164 Å². The van der Waals surface area contributed by atoms with Crippen LogP contribution in [-0.2, 0) is 13.6 Å². The molecule has 18 rings (SSSR count). The second-order valence-electron chi connectivity index (χ2n) is 29.6. The first kappa shape index (κ1) is 77.8. The molecule has 115 heavy (non-hydrogen) atoms. The van der Waals surface area contributed by atoms with Crippen LogP contribution in [0.15, 0.2) is 189 Å². The molecule has 2 N–H and O–H groups in total. The van der Waals surface area contributed by atoms with Crippen LogP contribution in [0.3, 0.4) is 0 Å². The summed E-state index contributed by atoms with van der Waals surface area (Å²) in [6.45, 7) is 7.66. The fourth-order valence-electron chi connectivity index (χ4n) is 15.0. The molecule has 4 fully saturated rings. The highest BCUT2D eigenvalue weighted by Crippen LogP contribution is 2.42. The Bertz CT molecular complexity index is 5490. The molecule has 592 valence electrons. The van der Waals surface area contributed by atoms with Crippen molar-refractivity contribution < 1.29 is 38.0 Å². The molecule has 2 saturated heterocycles. The molecule has 0 spiro atoms. The molecule has 0 atom stereocenters. The molecule has 3 aliphatic heterocycles. The first-order chi connectivity index (χ1) is 55.8. The molecule has 0 unspecified atom stereocenters. The van der Waals surface area contributed by atoms with Gasteiger partial charge in [0.2, 0.25) is 0 Å². The van der Waals surface area contributed by atoms with E-state index in [-0.39, 0.29) is 25.8 Å². The Hall–Kier alpha value is -12.6. The highest BCUT2D eigenvalue weighted by atomic mass is 16.5. The molecular weight excluding hydrogens is 1450 g/mol. The maximum Gasteiger partial charge on any atom is 0.261 e. The summed E-state index contributed by atoms with van der Waals surface area (Å²) in [4.78, 5) is 63.0. The van der Waals surface area contributed by atoms with Gasteiger partial charge < -0.3 is 53.8 Å². The van der Waals surface area contributed by atoms with Crippen LogP contribution in [0.1, 0.15) is 92.0 Å². The third-order valence-corrected chi connectivity index (χ3v) is 21.9. The number of amides is 2. The summed E-state index contributed by atoms with van der Waals surface area (Å²) >= 11 is 0. The van der Waals surface area contributed by atoms with Gasteiger partial charge in [-0.25, -0.2) is 15.0 Å². The van der Waals surface area contributed by atoms with E-state index in [1.165, 1.54) is 49.8 Å². The third kappa shape index (κ3) is 18.1. The molecule has 9 heterocycles. The number of carbonyl (C=O) groups is 2. The lowest BCUT2D eigenvalue weighted by Gasteiger charge is -2.28. The topological polar surface area (TPSA) is 257 Å². The van der Waals surface area contributed by atoms with Gasteiger partial charge in [-0.05, 0) is 168 Å². The van der Waals surface area contributed by atoms with E-state index in [0.717, 1.165) is 177 Å². The number of nitrogens with one attached hydrogen (secondary N) is 2. The van der Waals surface area contributed by atoms with Crippen molar-refractivity contribution in [1.29, 1.82) is 0 Å². The predicted octanol–water partition coefficient (Wildman–Crippen LogP) is 15.5. The van der Waals surface area contributed by atoms with Crippen molar-refractivity contribution in [3.05, 3.63) is 200 Å². The predicted molar refractivity (Wildman–Crippen MR) is 448 cm³/mol. The summed E-state index contributed by atoms with van der Waals surface area (Å²) in [5.41, 5.74) is 16.9. The number of nitrogens with zero attached hydrogens (tertiary/aromatic N) is 16. The molecule has 0 radical (unpaired) electrons. The highest BCUT2D eigenvalue weighted by molar-refractivity contribution is 6.21. The van der Waals surface area contributed by atoms with E-state index in [0.29, 0.717) is 58.3 Å². The van der Waals surface area contributed by atoms with E-state index in [4.69, 9.17) is 53.3 Å². The highest BCUT2D eigenvalue weighted by Gasteiger charge is 2.36. The van der Waals surface area contributed by atoms with Gasteiger partial charge in [-0.3, -0.25) is 43.5 Å². The number of imide groups is 1. The minimum Gasteiger partial charge on any atom is -0.497 e. The number of fused-ring (bicyclic) bond motifs is 4. The fourth-order valence-corrected chi connectivity index (χ4v) is 15.0. The number of ether oxygens (including phenoxy) is 6. The first-order valence-electron chi connectivity index (χ1n) is 39.1. The van der Waals surface area contributed by atoms with Crippen molar-refractivity contribution in [2.45, 2.75) is 77.8 Å². The molecule has 0 bridgehead atoms. The maximum atomic E-state index is 13.1. The Morgan fingerprint density at radius 2 is 0.800 bits per heavy atom. The number of hydrogen-bond donors (Lipinski definition) is 2. The summed E-state index contributed by atoms with van der Waals surface area (Å²) in [6.07, 6.45) is 28.0. The number of benzene rings is 7. The number of methoxy groups -OCH3 is 6. The zero-order chi connectivity index (χ0) is 78.2. The third-order valence-electron chi connectivity index (χ3n) is 21.9. The zero-order valence-electron chi connectivity index (χ0n) is 65.4. The Morgan fingerprint density at radius 1 is 0.400 bits per heavy atom. The van der Waals surface area contributed by atoms with Crippen LogP contribution in [0.5, 0.6) is 34.5 Å². The Balaban J connectivity index is 0.000000135. The summed E-state index contributed by atoms with van der Waals surface area (Å²) in [5.74, 6) is 5.90. The van der Waals surface area contributed by atoms with Crippen molar-refractivity contribution >= 4 is 79.0 Å². The normalized spacial score (nSPS) is 14.8. The van der Waals surface area contributed by atoms with Gasteiger partial charge >= 0.3 is 0 Å². The van der Waals surface area contributed by atoms with Gasteiger partial charge in [0.25, 0.3) is 11.8 Å². The minimum atomic E-state index is -0.297. The van der Waals surface area contributed by atoms with Crippen LogP contribution in [0.4, 0.5) is 34.1 Å².